The molecule has 1 aromatic rings. The Morgan fingerprint density at radius 2 is 1.76 bits per heavy atom. The summed E-state index contributed by atoms with van der Waals surface area (Å²) in [6.07, 6.45) is -6.97. The normalized spacial score (nSPS) is 14.2. The molecule has 5 nitrogen and oxygen atoms in total. The average Bonchev–Trinajstić information content (AvgIpc) is 2.38. The first-order chi connectivity index (χ1) is 9.60. The molecule has 1 aromatic carbocycles. The van der Waals surface area contributed by atoms with Crippen LogP contribution in [0.25, 0.3) is 0 Å². The first kappa shape index (κ1) is 16.9. The Morgan fingerprint density at radius 3 is 2.19 bits per heavy atom. The minimum atomic E-state index is -5.39. The average molecular weight is 309 g/mol. The Kier molecular flexibility index (Phi) is 4.89. The van der Waals surface area contributed by atoms with E-state index in [0.717, 1.165) is 24.3 Å². The molecule has 0 radical (unpaired) electrons. The maximum Gasteiger partial charge on any atom is 0.428 e. The summed E-state index contributed by atoms with van der Waals surface area (Å²) in [5.41, 5.74) is -3.94. The second-order valence-corrected chi connectivity index (χ2v) is 4.08. The van der Waals surface area contributed by atoms with Crippen molar-refractivity contribution < 1.29 is 37.0 Å². The van der Waals surface area contributed by atoms with Gasteiger partial charge in [0.05, 0.1) is 13.5 Å². The van der Waals surface area contributed by atoms with Crippen LogP contribution in [0.4, 0.5) is 23.2 Å². The van der Waals surface area contributed by atoms with Crippen LogP contribution in [-0.2, 0) is 14.3 Å². The molecule has 21 heavy (non-hydrogen) atoms. The van der Waals surface area contributed by atoms with Crippen molar-refractivity contribution in [3.8, 4) is 0 Å². The number of hydrogen-bond donors (Lipinski definition) is 2. The van der Waals surface area contributed by atoms with Gasteiger partial charge in [-0.15, -0.1) is 0 Å². The standard InChI is InChI=1S/C12H11F4NO4/c1-21-10(19)11(20,12(14,15)16)6-9(18)17-8-4-2-7(13)3-5-8/h2-5,20H,6H2,1H3,(H,17,18). The SMILES string of the molecule is COC(=O)C(O)(CC(=O)Nc1ccc(F)cc1)C(F)(F)F. The van der Waals surface area contributed by atoms with Crippen molar-refractivity contribution in [2.75, 3.05) is 12.4 Å². The molecule has 0 aliphatic heterocycles. The molecular weight excluding hydrogens is 298 g/mol. The van der Waals surface area contributed by atoms with E-state index in [1.807, 2.05) is 5.32 Å². The predicted octanol–water partition coefficient (Wildman–Crippen LogP) is 1.62. The van der Waals surface area contributed by atoms with Gasteiger partial charge in [-0.25, -0.2) is 9.18 Å². The number of anilines is 1. The quantitative estimate of drug-likeness (QED) is 0.654. The van der Waals surface area contributed by atoms with Gasteiger partial charge < -0.3 is 15.2 Å². The fourth-order valence-corrected chi connectivity index (χ4v) is 1.43. The Morgan fingerprint density at radius 1 is 1.24 bits per heavy atom. The highest BCUT2D eigenvalue weighted by Gasteiger charge is 2.61. The topological polar surface area (TPSA) is 75.6 Å². The molecule has 0 saturated heterocycles. The smallest absolute Gasteiger partial charge is 0.428 e. The zero-order valence-corrected chi connectivity index (χ0v) is 10.7. The molecule has 116 valence electrons. The Bertz CT molecular complexity index is 529. The summed E-state index contributed by atoms with van der Waals surface area (Å²) in [4.78, 5) is 22.6. The van der Waals surface area contributed by atoms with Crippen LogP contribution in [-0.4, -0.2) is 35.9 Å². The van der Waals surface area contributed by atoms with Crippen molar-refractivity contribution in [2.45, 2.75) is 18.2 Å². The lowest BCUT2D eigenvalue weighted by atomic mass is 9.98. The van der Waals surface area contributed by atoms with Gasteiger partial charge in [-0.05, 0) is 24.3 Å². The summed E-state index contributed by atoms with van der Waals surface area (Å²) in [6, 6.07) is 4.17. The number of halogens is 4. The number of alkyl halides is 3. The second-order valence-electron chi connectivity index (χ2n) is 4.08. The van der Waals surface area contributed by atoms with Crippen LogP contribution in [0, 0.1) is 5.82 Å². The molecule has 2 N–H and O–H groups in total. The van der Waals surface area contributed by atoms with Crippen LogP contribution < -0.4 is 5.32 Å². The molecule has 0 spiro atoms. The number of nitrogens with one attached hydrogen (secondary N) is 1. The van der Waals surface area contributed by atoms with Crippen molar-refractivity contribution >= 4 is 17.6 Å². The van der Waals surface area contributed by atoms with Crippen molar-refractivity contribution in [1.82, 2.24) is 0 Å². The lowest BCUT2D eigenvalue weighted by molar-refractivity contribution is -0.261. The van der Waals surface area contributed by atoms with Crippen LogP contribution in [0.15, 0.2) is 24.3 Å². The Labute approximate surface area is 116 Å². The van der Waals surface area contributed by atoms with E-state index in [2.05, 4.69) is 4.74 Å². The van der Waals surface area contributed by atoms with Crippen LogP contribution in [0.2, 0.25) is 0 Å². The number of aliphatic hydroxyl groups is 1. The Hall–Kier alpha value is -2.16. The third-order valence-electron chi connectivity index (χ3n) is 2.54. The van der Waals surface area contributed by atoms with Crippen LogP contribution in [0.1, 0.15) is 6.42 Å². The number of rotatable bonds is 4. The molecule has 1 rings (SSSR count). The van der Waals surface area contributed by atoms with Crippen molar-refractivity contribution in [2.24, 2.45) is 0 Å². The molecule has 9 heteroatoms. The summed E-state index contributed by atoms with van der Waals surface area (Å²) < 4.78 is 54.7. The van der Waals surface area contributed by atoms with E-state index < -0.39 is 35.9 Å². The summed E-state index contributed by atoms with van der Waals surface area (Å²) >= 11 is 0. The van der Waals surface area contributed by atoms with Crippen molar-refractivity contribution in [3.63, 3.8) is 0 Å². The van der Waals surface area contributed by atoms with E-state index in [4.69, 9.17) is 0 Å². The van der Waals surface area contributed by atoms with E-state index in [1.165, 1.54) is 0 Å². The lowest BCUT2D eigenvalue weighted by Crippen LogP contribution is -2.54. The molecule has 0 aromatic heterocycles. The number of ether oxygens (including phenoxy) is 1. The highest BCUT2D eigenvalue weighted by Crippen LogP contribution is 2.34. The molecule has 0 bridgehead atoms. The van der Waals surface area contributed by atoms with Gasteiger partial charge in [0, 0.05) is 5.69 Å². The fraction of sp³-hybridized carbons (Fsp3) is 0.333. The minimum Gasteiger partial charge on any atom is -0.467 e. The minimum absolute atomic E-state index is 0.00999. The molecule has 1 unspecified atom stereocenters. The first-order valence-corrected chi connectivity index (χ1v) is 5.53. The lowest BCUT2D eigenvalue weighted by Gasteiger charge is -2.26. The number of carbonyl (C=O) groups excluding carboxylic acids is 2. The molecule has 0 aliphatic rings. The van der Waals surface area contributed by atoms with Gasteiger partial charge in [0.15, 0.2) is 0 Å². The largest absolute Gasteiger partial charge is 0.467 e. The molecule has 1 atom stereocenters. The zero-order chi connectivity index (χ0) is 16.3. The van der Waals surface area contributed by atoms with Crippen molar-refractivity contribution in [1.29, 1.82) is 0 Å². The summed E-state index contributed by atoms with van der Waals surface area (Å²) in [5.74, 6) is -3.88. The predicted molar refractivity (Wildman–Crippen MR) is 62.7 cm³/mol. The summed E-state index contributed by atoms with van der Waals surface area (Å²) in [7, 11) is 0.650. The van der Waals surface area contributed by atoms with Crippen LogP contribution in [0.5, 0.6) is 0 Å². The number of hydrogen-bond acceptors (Lipinski definition) is 4. The van der Waals surface area contributed by atoms with Crippen LogP contribution >= 0.6 is 0 Å². The molecule has 1 amide bonds. The van der Waals surface area contributed by atoms with Crippen molar-refractivity contribution in [3.05, 3.63) is 30.1 Å². The number of esters is 1. The molecule has 0 aliphatic carbocycles. The third-order valence-corrected chi connectivity index (χ3v) is 2.54. The van der Waals surface area contributed by atoms with E-state index in [9.17, 15) is 32.3 Å². The second kappa shape index (κ2) is 6.08. The third kappa shape index (κ3) is 3.91. The molecule has 0 saturated carbocycles. The van der Waals surface area contributed by atoms with Gasteiger partial charge >= 0.3 is 12.1 Å². The number of carbonyl (C=O) groups is 2. The maximum atomic E-state index is 12.7. The monoisotopic (exact) mass is 309 g/mol. The van der Waals surface area contributed by atoms with Gasteiger partial charge in [0.2, 0.25) is 5.91 Å². The van der Waals surface area contributed by atoms with Crippen LogP contribution in [0.3, 0.4) is 0 Å². The molecule has 0 fully saturated rings. The zero-order valence-electron chi connectivity index (χ0n) is 10.7. The summed E-state index contributed by atoms with van der Waals surface area (Å²) in [6.45, 7) is 0. The van der Waals surface area contributed by atoms with Gasteiger partial charge in [-0.3, -0.25) is 4.79 Å². The summed E-state index contributed by atoms with van der Waals surface area (Å²) in [5, 5.41) is 11.4. The number of benzene rings is 1. The fourth-order valence-electron chi connectivity index (χ4n) is 1.43. The van der Waals surface area contributed by atoms with E-state index >= 15 is 0 Å². The molecule has 0 heterocycles. The van der Waals surface area contributed by atoms with Gasteiger partial charge in [0.25, 0.3) is 5.60 Å². The number of methoxy groups -OCH3 is 1. The van der Waals surface area contributed by atoms with Gasteiger partial charge in [-0.2, -0.15) is 13.2 Å². The van der Waals surface area contributed by atoms with Gasteiger partial charge in [-0.1, -0.05) is 0 Å². The maximum absolute atomic E-state index is 12.7. The van der Waals surface area contributed by atoms with E-state index in [-0.39, 0.29) is 5.69 Å². The Balaban J connectivity index is 2.87. The van der Waals surface area contributed by atoms with E-state index in [0.29, 0.717) is 7.11 Å². The first-order valence-electron chi connectivity index (χ1n) is 5.53. The highest BCUT2D eigenvalue weighted by atomic mass is 19.4. The number of amides is 1. The highest BCUT2D eigenvalue weighted by molar-refractivity contribution is 5.95. The molecular formula is C12H11F4NO4. The van der Waals surface area contributed by atoms with Gasteiger partial charge in [0.1, 0.15) is 5.82 Å². The van der Waals surface area contributed by atoms with E-state index in [1.54, 1.807) is 0 Å².